The van der Waals surface area contributed by atoms with E-state index in [-0.39, 0.29) is 6.61 Å². The van der Waals surface area contributed by atoms with Gasteiger partial charge in [0.05, 0.1) is 6.61 Å². The third kappa shape index (κ3) is 7.27. The molecule has 0 aromatic heterocycles. The van der Waals surface area contributed by atoms with Crippen molar-refractivity contribution in [2.75, 3.05) is 13.2 Å². The lowest BCUT2D eigenvalue weighted by molar-refractivity contribution is -0.180. The Balaban J connectivity index is 3.51. The van der Waals surface area contributed by atoms with Crippen molar-refractivity contribution >= 4 is 11.9 Å². The zero-order chi connectivity index (χ0) is 10.3. The van der Waals surface area contributed by atoms with Gasteiger partial charge in [-0.05, 0) is 13.8 Å². The Morgan fingerprint density at radius 1 is 1.38 bits per heavy atom. The highest BCUT2D eigenvalue weighted by molar-refractivity contribution is 5.70. The van der Waals surface area contributed by atoms with Gasteiger partial charge >= 0.3 is 11.9 Å². The first-order valence-corrected chi connectivity index (χ1v) is 4.00. The van der Waals surface area contributed by atoms with E-state index in [9.17, 15) is 9.59 Å². The van der Waals surface area contributed by atoms with Crippen molar-refractivity contribution < 1.29 is 23.8 Å². The third-order valence-corrected chi connectivity index (χ3v) is 1.07. The Labute approximate surface area is 77.0 Å². The van der Waals surface area contributed by atoms with E-state index < -0.39 is 18.2 Å². The normalized spacial score (nSPS) is 11.9. The van der Waals surface area contributed by atoms with Crippen LogP contribution >= 0.6 is 0 Å². The van der Waals surface area contributed by atoms with Gasteiger partial charge in [-0.3, -0.25) is 4.79 Å². The summed E-state index contributed by atoms with van der Waals surface area (Å²) in [7, 11) is 0. The lowest BCUT2D eigenvalue weighted by Gasteiger charge is -2.11. The van der Waals surface area contributed by atoms with E-state index in [4.69, 9.17) is 4.74 Å². The fourth-order valence-electron chi connectivity index (χ4n) is 0.656. The summed E-state index contributed by atoms with van der Waals surface area (Å²) in [5, 5.41) is 0. The Kier molecular flexibility index (Phi) is 5.88. The number of hydrogen-bond acceptors (Lipinski definition) is 5. The average molecular weight is 190 g/mol. The summed E-state index contributed by atoms with van der Waals surface area (Å²) in [6, 6.07) is 0. The molecule has 0 amide bonds. The number of rotatable bonds is 5. The third-order valence-electron chi connectivity index (χ3n) is 1.07. The molecule has 0 heterocycles. The zero-order valence-electron chi connectivity index (χ0n) is 8.03. The minimum absolute atomic E-state index is 0.206. The molecule has 1 atom stereocenters. The minimum atomic E-state index is -0.720. The van der Waals surface area contributed by atoms with Crippen LogP contribution in [0.1, 0.15) is 20.8 Å². The van der Waals surface area contributed by atoms with E-state index in [0.717, 1.165) is 0 Å². The molecule has 5 nitrogen and oxygen atoms in total. The number of carbonyl (C=O) groups is 2. The maximum atomic E-state index is 10.7. The van der Waals surface area contributed by atoms with E-state index >= 15 is 0 Å². The van der Waals surface area contributed by atoms with Crippen LogP contribution in [0, 0.1) is 0 Å². The fourth-order valence-corrected chi connectivity index (χ4v) is 0.656. The van der Waals surface area contributed by atoms with Gasteiger partial charge in [-0.2, -0.15) is 0 Å². The van der Waals surface area contributed by atoms with Crippen LogP contribution in [0.5, 0.6) is 0 Å². The van der Waals surface area contributed by atoms with Crippen molar-refractivity contribution in [3.05, 3.63) is 0 Å². The average Bonchev–Trinajstić information content (AvgIpc) is 2.00. The highest BCUT2D eigenvalue weighted by Crippen LogP contribution is 1.94. The minimum Gasteiger partial charge on any atom is -0.464 e. The van der Waals surface area contributed by atoms with Crippen molar-refractivity contribution in [3.8, 4) is 0 Å². The molecule has 0 aliphatic rings. The molecule has 0 rings (SSSR count). The molecule has 0 saturated heterocycles. The van der Waals surface area contributed by atoms with Crippen molar-refractivity contribution in [1.29, 1.82) is 0 Å². The lowest BCUT2D eigenvalue weighted by Crippen LogP contribution is -2.21. The van der Waals surface area contributed by atoms with Crippen LogP contribution < -0.4 is 0 Å². The maximum Gasteiger partial charge on any atom is 0.332 e. The summed E-state index contributed by atoms with van der Waals surface area (Å²) < 4.78 is 14.1. The molecule has 76 valence electrons. The van der Waals surface area contributed by atoms with Crippen molar-refractivity contribution in [2.45, 2.75) is 27.1 Å². The first-order valence-electron chi connectivity index (χ1n) is 4.00. The van der Waals surface area contributed by atoms with E-state index in [0.29, 0.717) is 6.61 Å². The van der Waals surface area contributed by atoms with Crippen molar-refractivity contribution in [1.82, 2.24) is 0 Å². The second-order valence-corrected chi connectivity index (χ2v) is 2.29. The molecular weight excluding hydrogens is 176 g/mol. The van der Waals surface area contributed by atoms with Crippen LogP contribution in [0.25, 0.3) is 0 Å². The Hall–Kier alpha value is -1.10. The molecule has 0 spiro atoms. The van der Waals surface area contributed by atoms with Crippen LogP contribution in [0.15, 0.2) is 0 Å². The largest absolute Gasteiger partial charge is 0.464 e. The van der Waals surface area contributed by atoms with E-state index in [2.05, 4.69) is 9.47 Å². The van der Waals surface area contributed by atoms with Gasteiger partial charge in [-0.1, -0.05) is 0 Å². The smallest absolute Gasteiger partial charge is 0.332 e. The van der Waals surface area contributed by atoms with Gasteiger partial charge in [0.2, 0.25) is 6.29 Å². The molecule has 0 aromatic rings. The van der Waals surface area contributed by atoms with E-state index in [1.165, 1.54) is 13.8 Å². The van der Waals surface area contributed by atoms with Crippen LogP contribution in [0.4, 0.5) is 0 Å². The Morgan fingerprint density at radius 3 is 2.46 bits per heavy atom. The van der Waals surface area contributed by atoms with E-state index in [1.807, 2.05) is 0 Å². The van der Waals surface area contributed by atoms with Gasteiger partial charge in [0.15, 0.2) is 0 Å². The first kappa shape index (κ1) is 11.9. The molecule has 0 aliphatic carbocycles. The number of esters is 2. The summed E-state index contributed by atoms with van der Waals surface area (Å²) in [6.07, 6.45) is -0.720. The van der Waals surface area contributed by atoms with Crippen LogP contribution in [0.2, 0.25) is 0 Å². The van der Waals surface area contributed by atoms with Crippen LogP contribution in [-0.2, 0) is 23.8 Å². The SMILES string of the molecule is CCOC(=O)COC(C)OC(C)=O. The lowest BCUT2D eigenvalue weighted by atomic mass is 10.6. The van der Waals surface area contributed by atoms with Crippen LogP contribution in [0.3, 0.4) is 0 Å². The zero-order valence-corrected chi connectivity index (χ0v) is 8.03. The first-order chi connectivity index (χ1) is 6.06. The van der Waals surface area contributed by atoms with E-state index in [1.54, 1.807) is 6.92 Å². The molecule has 5 heteroatoms. The Morgan fingerprint density at radius 2 is 2.00 bits per heavy atom. The second-order valence-electron chi connectivity index (χ2n) is 2.29. The highest BCUT2D eigenvalue weighted by atomic mass is 16.7. The van der Waals surface area contributed by atoms with Crippen molar-refractivity contribution in [3.63, 3.8) is 0 Å². The van der Waals surface area contributed by atoms with Gasteiger partial charge in [0, 0.05) is 6.92 Å². The van der Waals surface area contributed by atoms with Gasteiger partial charge in [0.25, 0.3) is 0 Å². The standard InChI is InChI=1S/C8H14O5/c1-4-11-8(10)5-12-7(3)13-6(2)9/h7H,4-5H2,1-3H3. The molecule has 1 unspecified atom stereocenters. The Bertz CT molecular complexity index is 177. The molecule has 0 saturated carbocycles. The predicted octanol–water partition coefficient (Wildman–Crippen LogP) is 0.475. The van der Waals surface area contributed by atoms with Gasteiger partial charge in [-0.25, -0.2) is 4.79 Å². The number of ether oxygens (including phenoxy) is 3. The monoisotopic (exact) mass is 190 g/mol. The molecule has 0 fully saturated rings. The molecule has 0 aromatic carbocycles. The summed E-state index contributed by atoms with van der Waals surface area (Å²) in [4.78, 5) is 21.2. The molecule has 13 heavy (non-hydrogen) atoms. The van der Waals surface area contributed by atoms with Gasteiger partial charge < -0.3 is 14.2 Å². The topological polar surface area (TPSA) is 61.8 Å². The molecule has 0 N–H and O–H groups in total. The highest BCUT2D eigenvalue weighted by Gasteiger charge is 2.08. The molecule has 0 bridgehead atoms. The maximum absolute atomic E-state index is 10.7. The fraction of sp³-hybridized carbons (Fsp3) is 0.750. The summed E-state index contributed by atoms with van der Waals surface area (Å²) >= 11 is 0. The predicted molar refractivity (Wildman–Crippen MR) is 43.8 cm³/mol. The number of hydrogen-bond donors (Lipinski definition) is 0. The second kappa shape index (κ2) is 6.42. The van der Waals surface area contributed by atoms with Gasteiger partial charge in [-0.15, -0.1) is 0 Å². The molecule has 0 aliphatic heterocycles. The quantitative estimate of drug-likeness (QED) is 0.466. The summed E-state index contributed by atoms with van der Waals surface area (Å²) in [6.45, 7) is 4.60. The van der Waals surface area contributed by atoms with Gasteiger partial charge in [0.1, 0.15) is 6.61 Å². The molecule has 0 radical (unpaired) electrons. The van der Waals surface area contributed by atoms with Crippen LogP contribution in [-0.4, -0.2) is 31.4 Å². The number of carbonyl (C=O) groups excluding carboxylic acids is 2. The summed E-state index contributed by atoms with van der Waals surface area (Å²) in [5.74, 6) is -0.919. The molecular formula is C8H14O5. The summed E-state index contributed by atoms with van der Waals surface area (Å²) in [5.41, 5.74) is 0. The van der Waals surface area contributed by atoms with Crippen molar-refractivity contribution in [2.24, 2.45) is 0 Å².